The van der Waals surface area contributed by atoms with Crippen LogP contribution in [0.15, 0.2) is 57.3 Å². The van der Waals surface area contributed by atoms with Gasteiger partial charge in [-0.15, -0.1) is 11.3 Å². The SMILES string of the molecule is CCn1c(=O)n(Cc2coc(-c3cccs3)n2)c2ccccc21. The van der Waals surface area contributed by atoms with E-state index in [0.717, 1.165) is 21.6 Å². The smallest absolute Gasteiger partial charge is 0.329 e. The van der Waals surface area contributed by atoms with Crippen molar-refractivity contribution in [2.24, 2.45) is 0 Å². The first-order valence-electron chi connectivity index (χ1n) is 7.44. The number of imidazole rings is 1. The maximum absolute atomic E-state index is 12.6. The van der Waals surface area contributed by atoms with Gasteiger partial charge in [0.1, 0.15) is 6.26 Å². The molecule has 6 heteroatoms. The Hall–Kier alpha value is -2.60. The van der Waals surface area contributed by atoms with Gasteiger partial charge in [-0.1, -0.05) is 18.2 Å². The van der Waals surface area contributed by atoms with Crippen molar-refractivity contribution in [1.82, 2.24) is 14.1 Å². The van der Waals surface area contributed by atoms with Crippen LogP contribution < -0.4 is 5.69 Å². The lowest BCUT2D eigenvalue weighted by atomic mass is 10.3. The minimum Gasteiger partial charge on any atom is -0.443 e. The van der Waals surface area contributed by atoms with Crippen LogP contribution in [-0.2, 0) is 13.1 Å². The molecule has 116 valence electrons. The minimum atomic E-state index is -0.0191. The fourth-order valence-corrected chi connectivity index (χ4v) is 3.44. The molecule has 0 saturated heterocycles. The largest absolute Gasteiger partial charge is 0.443 e. The predicted molar refractivity (Wildman–Crippen MR) is 90.8 cm³/mol. The molecule has 0 aliphatic rings. The van der Waals surface area contributed by atoms with E-state index in [2.05, 4.69) is 4.98 Å². The van der Waals surface area contributed by atoms with Gasteiger partial charge in [0.05, 0.1) is 28.1 Å². The summed E-state index contributed by atoms with van der Waals surface area (Å²) in [6.07, 6.45) is 1.62. The van der Waals surface area contributed by atoms with Crippen molar-refractivity contribution in [2.45, 2.75) is 20.0 Å². The van der Waals surface area contributed by atoms with E-state index < -0.39 is 0 Å². The third-order valence-electron chi connectivity index (χ3n) is 3.85. The van der Waals surface area contributed by atoms with E-state index in [1.165, 1.54) is 0 Å². The molecule has 4 aromatic rings. The number of oxazole rings is 1. The molecule has 0 saturated carbocycles. The first-order chi connectivity index (χ1) is 11.3. The van der Waals surface area contributed by atoms with Gasteiger partial charge in [0.15, 0.2) is 0 Å². The highest BCUT2D eigenvalue weighted by atomic mass is 32.1. The maximum Gasteiger partial charge on any atom is 0.329 e. The summed E-state index contributed by atoms with van der Waals surface area (Å²) < 4.78 is 9.06. The molecule has 23 heavy (non-hydrogen) atoms. The summed E-state index contributed by atoms with van der Waals surface area (Å²) in [5.41, 5.74) is 2.59. The van der Waals surface area contributed by atoms with Crippen LogP contribution in [0.1, 0.15) is 12.6 Å². The molecule has 0 spiro atoms. The number of rotatable bonds is 4. The van der Waals surface area contributed by atoms with E-state index in [1.54, 1.807) is 26.7 Å². The van der Waals surface area contributed by atoms with E-state index >= 15 is 0 Å². The first-order valence-corrected chi connectivity index (χ1v) is 8.32. The number of para-hydroxylation sites is 2. The van der Waals surface area contributed by atoms with Gasteiger partial charge in [-0.05, 0) is 30.5 Å². The number of hydrogen-bond acceptors (Lipinski definition) is 4. The van der Waals surface area contributed by atoms with Crippen LogP contribution in [0.3, 0.4) is 0 Å². The lowest BCUT2D eigenvalue weighted by molar-refractivity contribution is 0.572. The van der Waals surface area contributed by atoms with Crippen molar-refractivity contribution in [2.75, 3.05) is 0 Å². The molecule has 0 amide bonds. The van der Waals surface area contributed by atoms with Crippen LogP contribution in [0.2, 0.25) is 0 Å². The monoisotopic (exact) mass is 325 g/mol. The van der Waals surface area contributed by atoms with Gasteiger partial charge in [0.2, 0.25) is 5.89 Å². The number of fused-ring (bicyclic) bond motifs is 1. The standard InChI is InChI=1S/C17H15N3O2S/c1-2-19-13-6-3-4-7-14(13)20(17(19)21)10-12-11-22-16(18-12)15-8-5-9-23-15/h3-9,11H,2,10H2,1H3. The van der Waals surface area contributed by atoms with Gasteiger partial charge >= 0.3 is 5.69 Å². The minimum absolute atomic E-state index is 0.0191. The molecule has 0 atom stereocenters. The quantitative estimate of drug-likeness (QED) is 0.576. The maximum atomic E-state index is 12.6. The predicted octanol–water partition coefficient (Wildman–Crippen LogP) is 3.59. The van der Waals surface area contributed by atoms with Gasteiger partial charge in [0, 0.05) is 6.54 Å². The molecule has 0 aliphatic carbocycles. The molecule has 0 aliphatic heterocycles. The average Bonchev–Trinajstić information content (AvgIpc) is 3.29. The summed E-state index contributed by atoms with van der Waals surface area (Å²) in [7, 11) is 0. The molecule has 0 radical (unpaired) electrons. The van der Waals surface area contributed by atoms with E-state index in [4.69, 9.17) is 4.42 Å². The van der Waals surface area contributed by atoms with Gasteiger partial charge < -0.3 is 4.42 Å². The van der Waals surface area contributed by atoms with Gasteiger partial charge in [-0.2, -0.15) is 0 Å². The molecule has 3 heterocycles. The fourth-order valence-electron chi connectivity index (χ4n) is 2.79. The third kappa shape index (κ3) is 2.31. The van der Waals surface area contributed by atoms with Crippen LogP contribution >= 0.6 is 11.3 Å². The molecule has 5 nitrogen and oxygen atoms in total. The number of benzene rings is 1. The van der Waals surface area contributed by atoms with Crippen molar-refractivity contribution in [3.63, 3.8) is 0 Å². The van der Waals surface area contributed by atoms with E-state index in [9.17, 15) is 4.79 Å². The van der Waals surface area contributed by atoms with Crippen LogP contribution in [0.25, 0.3) is 21.8 Å². The second kappa shape index (κ2) is 5.55. The van der Waals surface area contributed by atoms with Crippen LogP contribution in [0, 0.1) is 0 Å². The molecular formula is C17H15N3O2S. The second-order valence-corrected chi connectivity index (χ2v) is 6.17. The molecule has 0 bridgehead atoms. The number of aromatic nitrogens is 3. The zero-order valence-corrected chi connectivity index (χ0v) is 13.4. The highest BCUT2D eigenvalue weighted by Crippen LogP contribution is 2.24. The van der Waals surface area contributed by atoms with E-state index in [-0.39, 0.29) is 5.69 Å². The number of hydrogen-bond donors (Lipinski definition) is 0. The number of nitrogens with zero attached hydrogens (tertiary/aromatic N) is 3. The van der Waals surface area contributed by atoms with Crippen molar-refractivity contribution >= 4 is 22.4 Å². The Labute approximate surface area is 136 Å². The Kier molecular flexibility index (Phi) is 3.38. The summed E-state index contributed by atoms with van der Waals surface area (Å²) in [6.45, 7) is 3.02. The fraction of sp³-hybridized carbons (Fsp3) is 0.176. The van der Waals surface area contributed by atoms with E-state index in [0.29, 0.717) is 19.0 Å². The Balaban J connectivity index is 1.76. The molecule has 4 rings (SSSR count). The normalized spacial score (nSPS) is 11.3. The lowest BCUT2D eigenvalue weighted by Crippen LogP contribution is -2.24. The second-order valence-electron chi connectivity index (χ2n) is 5.22. The third-order valence-corrected chi connectivity index (χ3v) is 4.70. The van der Waals surface area contributed by atoms with Crippen molar-refractivity contribution in [3.05, 3.63) is 64.2 Å². The topological polar surface area (TPSA) is 53.0 Å². The number of aryl methyl sites for hydroxylation is 1. The summed E-state index contributed by atoms with van der Waals surface area (Å²) in [6, 6.07) is 11.7. The van der Waals surface area contributed by atoms with Crippen molar-refractivity contribution in [1.29, 1.82) is 0 Å². The first kappa shape index (κ1) is 14.0. The summed E-state index contributed by atoms with van der Waals surface area (Å²) in [4.78, 5) is 18.1. The molecule has 1 aromatic carbocycles. The van der Waals surface area contributed by atoms with Gasteiger partial charge in [0.25, 0.3) is 0 Å². The van der Waals surface area contributed by atoms with Crippen molar-refractivity contribution in [3.8, 4) is 10.8 Å². The summed E-state index contributed by atoms with van der Waals surface area (Å²) in [5.74, 6) is 0.599. The van der Waals surface area contributed by atoms with Crippen molar-refractivity contribution < 1.29 is 4.42 Å². The number of thiophene rings is 1. The van der Waals surface area contributed by atoms with Crippen LogP contribution in [0.4, 0.5) is 0 Å². The Morgan fingerprint density at radius 3 is 2.61 bits per heavy atom. The summed E-state index contributed by atoms with van der Waals surface area (Å²) >= 11 is 1.58. The highest BCUT2D eigenvalue weighted by molar-refractivity contribution is 7.13. The Morgan fingerprint density at radius 2 is 1.91 bits per heavy atom. The van der Waals surface area contributed by atoms with E-state index in [1.807, 2.05) is 48.7 Å². The van der Waals surface area contributed by atoms with Gasteiger partial charge in [-0.25, -0.2) is 9.78 Å². The zero-order chi connectivity index (χ0) is 15.8. The molecular weight excluding hydrogens is 310 g/mol. The summed E-state index contributed by atoms with van der Waals surface area (Å²) in [5, 5.41) is 1.98. The van der Waals surface area contributed by atoms with Crippen LogP contribution in [0.5, 0.6) is 0 Å². The average molecular weight is 325 g/mol. The van der Waals surface area contributed by atoms with Crippen LogP contribution in [-0.4, -0.2) is 14.1 Å². The molecule has 3 aromatic heterocycles. The molecule has 0 unspecified atom stereocenters. The highest BCUT2D eigenvalue weighted by Gasteiger charge is 2.14. The lowest BCUT2D eigenvalue weighted by Gasteiger charge is -1.99. The molecule has 0 N–H and O–H groups in total. The van der Waals surface area contributed by atoms with Gasteiger partial charge in [-0.3, -0.25) is 9.13 Å². The zero-order valence-electron chi connectivity index (χ0n) is 12.6. The Morgan fingerprint density at radius 1 is 1.13 bits per heavy atom. The Bertz CT molecular complexity index is 1010. The molecule has 0 fully saturated rings.